The van der Waals surface area contributed by atoms with Crippen LogP contribution in [0.1, 0.15) is 22.8 Å². The van der Waals surface area contributed by atoms with E-state index in [4.69, 9.17) is 38.4 Å². The molecule has 0 bridgehead atoms. The molecular weight excluding hydrogens is 381 g/mol. The van der Waals surface area contributed by atoms with Crippen molar-refractivity contribution in [2.24, 2.45) is 10.8 Å². The SMILES string of the molecule is CCOc1cc(C=NNC(N)=O)ccc1OC(=O)c1ccc(Cl)cc1Cl. The first-order valence-electron chi connectivity index (χ1n) is 7.43. The molecule has 0 saturated heterocycles. The number of esters is 1. The Kier molecular flexibility index (Phi) is 6.82. The van der Waals surface area contributed by atoms with Gasteiger partial charge in [0.15, 0.2) is 11.5 Å². The van der Waals surface area contributed by atoms with Crippen molar-refractivity contribution < 1.29 is 19.1 Å². The number of hydrogen-bond acceptors (Lipinski definition) is 5. The Bertz CT molecular complexity index is 856. The second-order valence-electron chi connectivity index (χ2n) is 4.89. The summed E-state index contributed by atoms with van der Waals surface area (Å²) in [6.07, 6.45) is 1.37. The van der Waals surface area contributed by atoms with Crippen molar-refractivity contribution >= 4 is 41.4 Å². The fraction of sp³-hybridized carbons (Fsp3) is 0.118. The molecule has 2 rings (SSSR count). The van der Waals surface area contributed by atoms with Crippen LogP contribution in [0.25, 0.3) is 0 Å². The summed E-state index contributed by atoms with van der Waals surface area (Å²) in [5.74, 6) is -0.110. The summed E-state index contributed by atoms with van der Waals surface area (Å²) < 4.78 is 10.9. The molecule has 2 aromatic rings. The van der Waals surface area contributed by atoms with Crippen LogP contribution in [-0.4, -0.2) is 24.8 Å². The smallest absolute Gasteiger partial charge is 0.345 e. The zero-order chi connectivity index (χ0) is 19.1. The van der Waals surface area contributed by atoms with Crippen LogP contribution in [0.3, 0.4) is 0 Å². The second-order valence-corrected chi connectivity index (χ2v) is 5.73. The molecular formula is C17H15Cl2N3O4. The van der Waals surface area contributed by atoms with Gasteiger partial charge in [-0.2, -0.15) is 5.10 Å². The van der Waals surface area contributed by atoms with E-state index in [1.165, 1.54) is 18.3 Å². The Morgan fingerprint density at radius 2 is 1.96 bits per heavy atom. The minimum absolute atomic E-state index is 0.176. The Morgan fingerprint density at radius 1 is 1.19 bits per heavy atom. The minimum Gasteiger partial charge on any atom is -0.490 e. The Hall–Kier alpha value is -2.77. The van der Waals surface area contributed by atoms with Crippen LogP contribution in [0, 0.1) is 0 Å². The van der Waals surface area contributed by atoms with Gasteiger partial charge in [-0.3, -0.25) is 0 Å². The molecule has 3 N–H and O–H groups in total. The molecule has 0 unspecified atom stereocenters. The van der Waals surface area contributed by atoms with Gasteiger partial charge in [0.05, 0.1) is 23.4 Å². The van der Waals surface area contributed by atoms with E-state index in [1.54, 1.807) is 31.2 Å². The summed E-state index contributed by atoms with van der Waals surface area (Å²) in [5.41, 5.74) is 7.79. The van der Waals surface area contributed by atoms with Crippen molar-refractivity contribution in [1.82, 2.24) is 5.43 Å². The number of hydrazone groups is 1. The third-order valence-corrected chi connectivity index (χ3v) is 3.56. The average molecular weight is 396 g/mol. The monoisotopic (exact) mass is 395 g/mol. The molecule has 0 atom stereocenters. The van der Waals surface area contributed by atoms with Crippen LogP contribution >= 0.6 is 23.2 Å². The highest BCUT2D eigenvalue weighted by Crippen LogP contribution is 2.30. The number of primary amides is 1. The molecule has 0 saturated carbocycles. The van der Waals surface area contributed by atoms with Crippen LogP contribution in [0.4, 0.5) is 4.79 Å². The first-order valence-corrected chi connectivity index (χ1v) is 8.19. The topological polar surface area (TPSA) is 103 Å². The van der Waals surface area contributed by atoms with Gasteiger partial charge in [0, 0.05) is 5.02 Å². The lowest BCUT2D eigenvalue weighted by molar-refractivity contribution is 0.0728. The van der Waals surface area contributed by atoms with E-state index < -0.39 is 12.0 Å². The second kappa shape index (κ2) is 9.07. The third-order valence-electron chi connectivity index (χ3n) is 3.01. The molecule has 0 aromatic heterocycles. The average Bonchev–Trinajstić information content (AvgIpc) is 2.57. The maximum absolute atomic E-state index is 12.3. The molecule has 0 aliphatic rings. The number of nitrogens with one attached hydrogen (secondary N) is 1. The van der Waals surface area contributed by atoms with Crippen LogP contribution in [-0.2, 0) is 0 Å². The highest BCUT2D eigenvalue weighted by Gasteiger charge is 2.16. The first-order chi connectivity index (χ1) is 12.4. The number of hydrogen-bond donors (Lipinski definition) is 2. The van der Waals surface area contributed by atoms with Crippen molar-refractivity contribution in [1.29, 1.82) is 0 Å². The summed E-state index contributed by atoms with van der Waals surface area (Å²) in [5, 5.41) is 4.25. The van der Waals surface area contributed by atoms with Crippen molar-refractivity contribution in [2.75, 3.05) is 6.61 Å². The van der Waals surface area contributed by atoms with Gasteiger partial charge in [0.25, 0.3) is 0 Å². The van der Waals surface area contributed by atoms with E-state index >= 15 is 0 Å². The predicted molar refractivity (Wildman–Crippen MR) is 99.3 cm³/mol. The maximum atomic E-state index is 12.3. The maximum Gasteiger partial charge on any atom is 0.345 e. The van der Waals surface area contributed by atoms with Crippen LogP contribution in [0.2, 0.25) is 10.0 Å². The molecule has 0 aliphatic carbocycles. The number of urea groups is 1. The van der Waals surface area contributed by atoms with E-state index in [0.29, 0.717) is 22.9 Å². The van der Waals surface area contributed by atoms with Crippen molar-refractivity contribution in [3.63, 3.8) is 0 Å². The zero-order valence-electron chi connectivity index (χ0n) is 13.7. The first kappa shape index (κ1) is 19.6. The number of nitrogens with two attached hydrogens (primary N) is 1. The largest absolute Gasteiger partial charge is 0.490 e. The van der Waals surface area contributed by atoms with E-state index in [2.05, 4.69) is 10.5 Å². The number of amides is 2. The highest BCUT2D eigenvalue weighted by molar-refractivity contribution is 6.36. The molecule has 0 radical (unpaired) electrons. The summed E-state index contributed by atoms with van der Waals surface area (Å²) in [4.78, 5) is 23.0. The van der Waals surface area contributed by atoms with E-state index in [1.807, 2.05) is 0 Å². The molecule has 0 fully saturated rings. The highest BCUT2D eigenvalue weighted by atomic mass is 35.5. The molecule has 2 aromatic carbocycles. The standard InChI is InChI=1S/C17H15Cl2N3O4/c1-2-25-15-7-10(9-21-22-17(20)24)3-6-14(15)26-16(23)12-5-4-11(18)8-13(12)19/h3-9H,2H2,1H3,(H3,20,22,24). The molecule has 26 heavy (non-hydrogen) atoms. The zero-order valence-corrected chi connectivity index (χ0v) is 15.2. The van der Waals surface area contributed by atoms with Crippen LogP contribution < -0.4 is 20.6 Å². The van der Waals surface area contributed by atoms with E-state index in [-0.39, 0.29) is 16.3 Å². The Balaban J connectivity index is 2.23. The van der Waals surface area contributed by atoms with Gasteiger partial charge in [-0.1, -0.05) is 23.2 Å². The molecule has 0 aliphatic heterocycles. The molecule has 9 heteroatoms. The molecule has 2 amide bonds. The fourth-order valence-electron chi connectivity index (χ4n) is 1.94. The molecule has 0 spiro atoms. The lowest BCUT2D eigenvalue weighted by Crippen LogP contribution is -2.24. The van der Waals surface area contributed by atoms with Gasteiger partial charge in [-0.25, -0.2) is 15.0 Å². The van der Waals surface area contributed by atoms with Crippen LogP contribution in [0.5, 0.6) is 11.5 Å². The molecule has 0 heterocycles. The molecule has 7 nitrogen and oxygen atoms in total. The van der Waals surface area contributed by atoms with Crippen molar-refractivity contribution in [3.05, 3.63) is 57.6 Å². The minimum atomic E-state index is -0.781. The lowest BCUT2D eigenvalue weighted by Gasteiger charge is -2.12. The van der Waals surface area contributed by atoms with E-state index in [9.17, 15) is 9.59 Å². The lowest BCUT2D eigenvalue weighted by atomic mass is 10.2. The fourth-order valence-corrected chi connectivity index (χ4v) is 2.42. The summed E-state index contributed by atoms with van der Waals surface area (Å²) in [6.45, 7) is 2.14. The number of carbonyl (C=O) groups is 2. The van der Waals surface area contributed by atoms with Crippen molar-refractivity contribution in [2.45, 2.75) is 6.92 Å². The number of carbonyl (C=O) groups excluding carboxylic acids is 2. The predicted octanol–water partition coefficient (Wildman–Crippen LogP) is 3.61. The van der Waals surface area contributed by atoms with Gasteiger partial charge >= 0.3 is 12.0 Å². The van der Waals surface area contributed by atoms with Gasteiger partial charge in [-0.05, 0) is 48.9 Å². The Morgan fingerprint density at radius 3 is 2.62 bits per heavy atom. The van der Waals surface area contributed by atoms with Gasteiger partial charge < -0.3 is 15.2 Å². The normalized spacial score (nSPS) is 10.6. The van der Waals surface area contributed by atoms with E-state index in [0.717, 1.165) is 0 Å². The number of ether oxygens (including phenoxy) is 2. The summed E-state index contributed by atoms with van der Waals surface area (Å²) in [6, 6.07) is 8.45. The number of rotatable bonds is 6. The van der Waals surface area contributed by atoms with Crippen molar-refractivity contribution in [3.8, 4) is 11.5 Å². The van der Waals surface area contributed by atoms with Gasteiger partial charge in [-0.15, -0.1) is 0 Å². The Labute approximate surface area is 159 Å². The third kappa shape index (κ3) is 5.37. The number of halogens is 2. The summed E-state index contributed by atoms with van der Waals surface area (Å²) in [7, 11) is 0. The van der Waals surface area contributed by atoms with Gasteiger partial charge in [0.1, 0.15) is 0 Å². The summed E-state index contributed by atoms with van der Waals surface area (Å²) >= 11 is 11.8. The quantitative estimate of drug-likeness (QED) is 0.337. The number of benzene rings is 2. The van der Waals surface area contributed by atoms with Gasteiger partial charge in [0.2, 0.25) is 0 Å². The molecule has 136 valence electrons. The van der Waals surface area contributed by atoms with Crippen LogP contribution in [0.15, 0.2) is 41.5 Å². The number of nitrogens with zero attached hydrogens (tertiary/aromatic N) is 1.